The maximum Gasteiger partial charge on any atom is 0.206 e. The Morgan fingerprint density at radius 2 is 2.20 bits per heavy atom. The summed E-state index contributed by atoms with van der Waals surface area (Å²) in [5.74, 6) is 4.90. The van der Waals surface area contributed by atoms with Crippen molar-refractivity contribution >= 4 is 7.98 Å². The van der Waals surface area contributed by atoms with E-state index in [2.05, 4.69) is 0 Å². The van der Waals surface area contributed by atoms with Crippen molar-refractivity contribution in [1.29, 1.82) is 0 Å². The Morgan fingerprint density at radius 3 is 2.20 bits per heavy atom. The van der Waals surface area contributed by atoms with E-state index in [0.29, 0.717) is 6.54 Å². The minimum Gasteiger partial charge on any atom is -0.301 e. The Balaban J connectivity index is 2.54. The van der Waals surface area contributed by atoms with E-state index in [0.717, 1.165) is 4.92 Å². The summed E-state index contributed by atoms with van der Waals surface area (Å²) in [6.07, 6.45) is 0. The van der Waals surface area contributed by atoms with Crippen LogP contribution in [0.4, 0.5) is 0 Å². The molecule has 0 bridgehead atoms. The van der Waals surface area contributed by atoms with Gasteiger partial charge in [-0.15, -0.1) is 0 Å². The minimum atomic E-state index is 0.694. The fourth-order valence-corrected chi connectivity index (χ4v) is 0. The van der Waals surface area contributed by atoms with Gasteiger partial charge < -0.3 is 4.92 Å². The molecule has 0 heterocycles. The van der Waals surface area contributed by atoms with Crippen molar-refractivity contribution in [1.82, 2.24) is 4.92 Å². The van der Waals surface area contributed by atoms with Gasteiger partial charge in [-0.05, 0) is 6.54 Å². The van der Waals surface area contributed by atoms with Gasteiger partial charge in [0.15, 0.2) is 0 Å². The van der Waals surface area contributed by atoms with Gasteiger partial charge in [0.2, 0.25) is 7.98 Å². The number of hydrogen-bond donors (Lipinski definition) is 1. The standard InChI is InChI=1S/C2H7BN2/c1-2-5(3)4/h2,4H2,1H3. The first-order valence-corrected chi connectivity index (χ1v) is 1.54. The van der Waals surface area contributed by atoms with E-state index in [1.165, 1.54) is 0 Å². The molecule has 0 aliphatic heterocycles. The quantitative estimate of drug-likeness (QED) is 0.250. The molecule has 0 aromatic carbocycles. The fraction of sp³-hybridized carbons (Fsp3) is 1.00. The fourth-order valence-electron chi connectivity index (χ4n) is 0. The van der Waals surface area contributed by atoms with Crippen LogP contribution < -0.4 is 5.84 Å². The monoisotopic (exact) mass is 70.1 g/mol. The molecular formula is C2H7BN2. The molecule has 0 fully saturated rings. The zero-order valence-corrected chi connectivity index (χ0v) is 3.31. The van der Waals surface area contributed by atoms with Crippen molar-refractivity contribution in [3.8, 4) is 0 Å². The van der Waals surface area contributed by atoms with Gasteiger partial charge in [-0.3, -0.25) is 5.84 Å². The van der Waals surface area contributed by atoms with Gasteiger partial charge in [0.1, 0.15) is 0 Å². The average Bonchev–Trinajstić information content (AvgIpc) is 1.38. The van der Waals surface area contributed by atoms with Gasteiger partial charge in [-0.25, -0.2) is 0 Å². The third kappa shape index (κ3) is 3.98. The van der Waals surface area contributed by atoms with Crippen molar-refractivity contribution in [3.05, 3.63) is 0 Å². The average molecular weight is 69.9 g/mol. The van der Waals surface area contributed by atoms with Crippen molar-refractivity contribution in [2.45, 2.75) is 6.92 Å². The number of nitrogens with two attached hydrogens (primary N) is 1. The normalized spacial score (nSPS) is 9.40. The Hall–Kier alpha value is -0.0151. The smallest absolute Gasteiger partial charge is 0.206 e. The summed E-state index contributed by atoms with van der Waals surface area (Å²) in [5.41, 5.74) is 0. The number of nitrogens with zero attached hydrogens (tertiary/aromatic N) is 1. The zero-order chi connectivity index (χ0) is 4.28. The molecule has 3 heteroatoms. The van der Waals surface area contributed by atoms with Gasteiger partial charge in [0.25, 0.3) is 0 Å². The SMILES string of the molecule is [B]N(N)CC. The molecular weight excluding hydrogens is 62.8 g/mol. The van der Waals surface area contributed by atoms with Crippen LogP contribution in [0.1, 0.15) is 6.92 Å². The second kappa shape index (κ2) is 2.24. The molecule has 2 N–H and O–H groups in total. The van der Waals surface area contributed by atoms with Crippen molar-refractivity contribution in [2.24, 2.45) is 5.84 Å². The molecule has 0 spiro atoms. The maximum atomic E-state index is 4.90. The summed E-state index contributed by atoms with van der Waals surface area (Å²) in [5, 5.41) is 0. The molecule has 0 aromatic heterocycles. The molecule has 2 nitrogen and oxygen atoms in total. The molecule has 0 amide bonds. The maximum absolute atomic E-state index is 4.90. The second-order valence-corrected chi connectivity index (χ2v) is 0.830. The lowest BCUT2D eigenvalue weighted by Gasteiger charge is -2.00. The number of hydrazine groups is 1. The van der Waals surface area contributed by atoms with E-state index >= 15 is 0 Å². The lowest BCUT2D eigenvalue weighted by atomic mass is 10.4. The lowest BCUT2D eigenvalue weighted by Crippen LogP contribution is -2.26. The van der Waals surface area contributed by atoms with E-state index < -0.39 is 0 Å². The summed E-state index contributed by atoms with van der Waals surface area (Å²) in [6, 6.07) is 0. The molecule has 0 aromatic rings. The van der Waals surface area contributed by atoms with Gasteiger partial charge in [-0.2, -0.15) is 0 Å². The number of hydrogen-bond acceptors (Lipinski definition) is 2. The Morgan fingerprint density at radius 1 is 2.00 bits per heavy atom. The summed E-state index contributed by atoms with van der Waals surface area (Å²) < 4.78 is 0. The highest BCUT2D eigenvalue weighted by atomic mass is 15.3. The van der Waals surface area contributed by atoms with E-state index in [9.17, 15) is 0 Å². The molecule has 5 heavy (non-hydrogen) atoms. The third-order valence-electron chi connectivity index (χ3n) is 0.365. The predicted octanol–water partition coefficient (Wildman–Crippen LogP) is -0.734. The topological polar surface area (TPSA) is 29.3 Å². The molecule has 0 atom stereocenters. The van der Waals surface area contributed by atoms with Gasteiger partial charge in [0, 0.05) is 0 Å². The van der Waals surface area contributed by atoms with E-state index in [4.69, 9.17) is 13.8 Å². The van der Waals surface area contributed by atoms with Crippen LogP contribution in [0.5, 0.6) is 0 Å². The highest BCUT2D eigenvalue weighted by Gasteiger charge is 1.72. The summed E-state index contributed by atoms with van der Waals surface area (Å²) in [7, 11) is 4.90. The lowest BCUT2D eigenvalue weighted by molar-refractivity contribution is 0.507. The highest BCUT2D eigenvalue weighted by Crippen LogP contribution is 1.55. The van der Waals surface area contributed by atoms with Crippen LogP contribution in [0.25, 0.3) is 0 Å². The van der Waals surface area contributed by atoms with Crippen LogP contribution in [-0.4, -0.2) is 19.4 Å². The molecule has 0 aliphatic rings. The van der Waals surface area contributed by atoms with Gasteiger partial charge in [0.05, 0.1) is 0 Å². The molecule has 2 radical (unpaired) electrons. The van der Waals surface area contributed by atoms with Crippen molar-refractivity contribution < 1.29 is 0 Å². The molecule has 0 saturated heterocycles. The van der Waals surface area contributed by atoms with Crippen LogP contribution >= 0.6 is 0 Å². The van der Waals surface area contributed by atoms with Crippen LogP contribution in [0.3, 0.4) is 0 Å². The Bertz CT molecular complexity index is 21.6. The summed E-state index contributed by atoms with van der Waals surface area (Å²) in [4.78, 5) is 1.12. The van der Waals surface area contributed by atoms with Crippen molar-refractivity contribution in [2.75, 3.05) is 6.54 Å². The largest absolute Gasteiger partial charge is 0.301 e. The van der Waals surface area contributed by atoms with Crippen molar-refractivity contribution in [3.63, 3.8) is 0 Å². The Kier molecular flexibility index (Phi) is 2.23. The predicted molar refractivity (Wildman–Crippen MR) is 22.3 cm³/mol. The minimum absolute atomic E-state index is 0.694. The van der Waals surface area contributed by atoms with E-state index in [1.807, 2.05) is 6.92 Å². The second-order valence-electron chi connectivity index (χ2n) is 0.830. The van der Waals surface area contributed by atoms with Crippen LogP contribution in [0.15, 0.2) is 0 Å². The first-order chi connectivity index (χ1) is 2.27. The zero-order valence-electron chi connectivity index (χ0n) is 3.31. The summed E-state index contributed by atoms with van der Waals surface area (Å²) >= 11 is 0. The van der Waals surface area contributed by atoms with Crippen LogP contribution in [0, 0.1) is 0 Å². The number of rotatable bonds is 1. The molecule has 0 saturated carbocycles. The summed E-state index contributed by atoms with van der Waals surface area (Å²) in [6.45, 7) is 2.57. The highest BCUT2D eigenvalue weighted by molar-refractivity contribution is 6.03. The molecule has 0 rings (SSSR count). The van der Waals surface area contributed by atoms with E-state index in [-0.39, 0.29) is 0 Å². The van der Waals surface area contributed by atoms with Crippen LogP contribution in [0.2, 0.25) is 0 Å². The van der Waals surface area contributed by atoms with Crippen LogP contribution in [-0.2, 0) is 0 Å². The first kappa shape index (κ1) is 4.98. The third-order valence-corrected chi connectivity index (χ3v) is 0.365. The van der Waals surface area contributed by atoms with Gasteiger partial charge >= 0.3 is 0 Å². The molecule has 0 aliphatic carbocycles. The van der Waals surface area contributed by atoms with E-state index in [1.54, 1.807) is 0 Å². The Labute approximate surface area is 33.3 Å². The van der Waals surface area contributed by atoms with Gasteiger partial charge in [-0.1, -0.05) is 6.92 Å². The first-order valence-electron chi connectivity index (χ1n) is 1.54. The molecule has 0 unspecified atom stereocenters. The molecule has 28 valence electrons.